The summed E-state index contributed by atoms with van der Waals surface area (Å²) in [6.45, 7) is 4.45. The highest BCUT2D eigenvalue weighted by molar-refractivity contribution is 5.89. The number of aromatic nitrogens is 4. The number of rotatable bonds is 7. The van der Waals surface area contributed by atoms with Crippen LogP contribution in [-0.4, -0.2) is 25.7 Å². The lowest BCUT2D eigenvalue weighted by Gasteiger charge is -2.08. The molecule has 0 atom stereocenters. The van der Waals surface area contributed by atoms with Crippen LogP contribution in [0.2, 0.25) is 0 Å². The molecular formula is C24H22N4O3. The molecule has 0 aliphatic rings. The summed E-state index contributed by atoms with van der Waals surface area (Å²) in [5, 5.41) is 4.39. The third-order valence-corrected chi connectivity index (χ3v) is 4.62. The zero-order chi connectivity index (χ0) is 21.6. The molecule has 0 fully saturated rings. The Morgan fingerprint density at radius 2 is 1.81 bits per heavy atom. The van der Waals surface area contributed by atoms with E-state index in [9.17, 15) is 4.79 Å². The van der Waals surface area contributed by atoms with Crippen LogP contribution in [0.1, 0.15) is 33.0 Å². The molecule has 0 unspecified atom stereocenters. The summed E-state index contributed by atoms with van der Waals surface area (Å²) in [5.74, 6) is 0.955. The molecule has 0 N–H and O–H groups in total. The van der Waals surface area contributed by atoms with Crippen LogP contribution >= 0.6 is 0 Å². The van der Waals surface area contributed by atoms with Crippen LogP contribution < -0.4 is 4.74 Å². The Morgan fingerprint density at radius 1 is 0.968 bits per heavy atom. The van der Waals surface area contributed by atoms with E-state index in [0.717, 1.165) is 28.4 Å². The van der Waals surface area contributed by atoms with Gasteiger partial charge in [0.1, 0.15) is 19.0 Å². The molecule has 0 radical (unpaired) electrons. The SMILES string of the molecule is Cc1cc(C)n(-c2ccc(C(=O)OCc3ccc(OCc4ccccn4)cc3)cn2)n1. The average molecular weight is 414 g/mol. The van der Waals surface area contributed by atoms with E-state index >= 15 is 0 Å². The Labute approximate surface area is 180 Å². The van der Waals surface area contributed by atoms with Gasteiger partial charge < -0.3 is 9.47 Å². The van der Waals surface area contributed by atoms with Crippen LogP contribution in [0.15, 0.2) is 73.1 Å². The zero-order valence-electron chi connectivity index (χ0n) is 17.4. The largest absolute Gasteiger partial charge is 0.487 e. The maximum absolute atomic E-state index is 12.3. The molecule has 4 rings (SSSR count). The topological polar surface area (TPSA) is 79.1 Å². The molecule has 0 spiro atoms. The van der Waals surface area contributed by atoms with Crippen molar-refractivity contribution in [3.63, 3.8) is 0 Å². The molecule has 3 heterocycles. The molecular weight excluding hydrogens is 392 g/mol. The molecule has 0 aliphatic carbocycles. The van der Waals surface area contributed by atoms with Crippen LogP contribution in [0.4, 0.5) is 0 Å². The van der Waals surface area contributed by atoms with E-state index in [4.69, 9.17) is 9.47 Å². The van der Waals surface area contributed by atoms with Gasteiger partial charge in [0.25, 0.3) is 0 Å². The molecule has 0 aliphatic heterocycles. The number of ether oxygens (including phenoxy) is 2. The predicted octanol–water partition coefficient (Wildman–Crippen LogP) is 4.22. The molecule has 7 heteroatoms. The fraction of sp³-hybridized carbons (Fsp3) is 0.167. The summed E-state index contributed by atoms with van der Waals surface area (Å²) in [6, 6.07) is 18.5. The first kappa shape index (κ1) is 20.3. The van der Waals surface area contributed by atoms with Gasteiger partial charge in [-0.05, 0) is 61.9 Å². The minimum absolute atomic E-state index is 0.165. The highest BCUT2D eigenvalue weighted by Gasteiger charge is 2.10. The Kier molecular flexibility index (Phi) is 6.03. The van der Waals surface area contributed by atoms with Crippen LogP contribution in [0, 0.1) is 13.8 Å². The van der Waals surface area contributed by atoms with Gasteiger partial charge >= 0.3 is 5.97 Å². The first-order chi connectivity index (χ1) is 15.1. The van der Waals surface area contributed by atoms with Gasteiger partial charge in [0.05, 0.1) is 17.0 Å². The van der Waals surface area contributed by atoms with E-state index in [0.29, 0.717) is 18.0 Å². The number of carbonyl (C=O) groups is 1. The highest BCUT2D eigenvalue weighted by atomic mass is 16.5. The van der Waals surface area contributed by atoms with Gasteiger partial charge in [-0.15, -0.1) is 0 Å². The van der Waals surface area contributed by atoms with Crippen molar-refractivity contribution in [2.75, 3.05) is 0 Å². The number of benzene rings is 1. The lowest BCUT2D eigenvalue weighted by Crippen LogP contribution is -2.08. The average Bonchev–Trinajstić information content (AvgIpc) is 3.15. The van der Waals surface area contributed by atoms with Gasteiger partial charge in [0.2, 0.25) is 0 Å². The number of carbonyl (C=O) groups excluding carboxylic acids is 1. The summed E-state index contributed by atoms with van der Waals surface area (Å²) in [4.78, 5) is 20.9. The fourth-order valence-corrected chi connectivity index (χ4v) is 3.05. The molecule has 31 heavy (non-hydrogen) atoms. The van der Waals surface area contributed by atoms with E-state index in [1.165, 1.54) is 6.20 Å². The number of esters is 1. The van der Waals surface area contributed by atoms with Gasteiger partial charge in [0, 0.05) is 18.1 Å². The second-order valence-electron chi connectivity index (χ2n) is 7.07. The summed E-state index contributed by atoms with van der Waals surface area (Å²) in [6.07, 6.45) is 3.24. The first-order valence-electron chi connectivity index (χ1n) is 9.87. The first-order valence-corrected chi connectivity index (χ1v) is 9.87. The summed E-state index contributed by atoms with van der Waals surface area (Å²) in [7, 11) is 0. The molecule has 3 aromatic heterocycles. The van der Waals surface area contributed by atoms with E-state index in [1.807, 2.05) is 62.4 Å². The number of pyridine rings is 2. The van der Waals surface area contributed by atoms with Gasteiger partial charge in [-0.2, -0.15) is 5.10 Å². The third-order valence-electron chi connectivity index (χ3n) is 4.62. The lowest BCUT2D eigenvalue weighted by atomic mass is 10.2. The lowest BCUT2D eigenvalue weighted by molar-refractivity contribution is 0.0472. The third kappa shape index (κ3) is 5.14. The molecule has 4 aromatic rings. The van der Waals surface area contributed by atoms with Gasteiger partial charge in [-0.3, -0.25) is 4.98 Å². The number of nitrogens with zero attached hydrogens (tertiary/aromatic N) is 4. The molecule has 156 valence electrons. The van der Waals surface area contributed by atoms with Crippen molar-refractivity contribution < 1.29 is 14.3 Å². The fourth-order valence-electron chi connectivity index (χ4n) is 3.05. The molecule has 1 aromatic carbocycles. The molecule has 0 saturated heterocycles. The van der Waals surface area contributed by atoms with Crippen LogP contribution in [0.3, 0.4) is 0 Å². The molecule has 7 nitrogen and oxygen atoms in total. The molecule has 0 saturated carbocycles. The van der Waals surface area contributed by atoms with Gasteiger partial charge in [0.15, 0.2) is 5.82 Å². The summed E-state index contributed by atoms with van der Waals surface area (Å²) >= 11 is 0. The number of hydrogen-bond donors (Lipinski definition) is 0. The Balaban J connectivity index is 1.30. The van der Waals surface area contributed by atoms with Gasteiger partial charge in [-0.25, -0.2) is 14.5 Å². The standard InChI is InChI=1S/C24H22N4O3/c1-17-13-18(2)28(27-17)23-11-8-20(14-26-23)24(29)31-15-19-6-9-22(10-7-19)30-16-21-5-3-4-12-25-21/h3-14H,15-16H2,1-2H3. The van der Waals surface area contributed by atoms with Crippen molar-refractivity contribution in [1.82, 2.24) is 19.7 Å². The zero-order valence-corrected chi connectivity index (χ0v) is 17.4. The maximum Gasteiger partial charge on any atom is 0.340 e. The monoisotopic (exact) mass is 414 g/mol. The normalized spacial score (nSPS) is 10.6. The van der Waals surface area contributed by atoms with Crippen LogP contribution in [0.5, 0.6) is 5.75 Å². The van der Waals surface area contributed by atoms with Crippen LogP contribution in [-0.2, 0) is 18.0 Å². The van der Waals surface area contributed by atoms with Crippen molar-refractivity contribution in [1.29, 1.82) is 0 Å². The second-order valence-corrected chi connectivity index (χ2v) is 7.07. The van der Waals surface area contributed by atoms with E-state index in [1.54, 1.807) is 23.0 Å². The van der Waals surface area contributed by atoms with Crippen molar-refractivity contribution in [3.8, 4) is 11.6 Å². The minimum atomic E-state index is -0.428. The van der Waals surface area contributed by atoms with E-state index in [2.05, 4.69) is 15.1 Å². The Morgan fingerprint density at radius 3 is 2.45 bits per heavy atom. The number of hydrogen-bond acceptors (Lipinski definition) is 6. The predicted molar refractivity (Wildman–Crippen MR) is 115 cm³/mol. The maximum atomic E-state index is 12.3. The Bertz CT molecular complexity index is 1150. The molecule has 0 amide bonds. The number of aryl methyl sites for hydroxylation is 2. The summed E-state index contributed by atoms with van der Waals surface area (Å²) < 4.78 is 12.9. The van der Waals surface area contributed by atoms with Crippen LogP contribution in [0.25, 0.3) is 5.82 Å². The highest BCUT2D eigenvalue weighted by Crippen LogP contribution is 2.15. The van der Waals surface area contributed by atoms with Crippen molar-refractivity contribution in [2.45, 2.75) is 27.1 Å². The smallest absolute Gasteiger partial charge is 0.340 e. The Hall–Kier alpha value is -4.00. The van der Waals surface area contributed by atoms with Crippen molar-refractivity contribution in [2.24, 2.45) is 0 Å². The second kappa shape index (κ2) is 9.21. The van der Waals surface area contributed by atoms with E-state index in [-0.39, 0.29) is 6.61 Å². The van der Waals surface area contributed by atoms with Gasteiger partial charge in [-0.1, -0.05) is 18.2 Å². The van der Waals surface area contributed by atoms with Crippen molar-refractivity contribution >= 4 is 5.97 Å². The quantitative estimate of drug-likeness (QED) is 0.422. The summed E-state index contributed by atoms with van der Waals surface area (Å²) in [5.41, 5.74) is 4.01. The van der Waals surface area contributed by atoms with E-state index < -0.39 is 5.97 Å². The molecule has 0 bridgehead atoms. The van der Waals surface area contributed by atoms with Crippen molar-refractivity contribution in [3.05, 3.63) is 101 Å². The minimum Gasteiger partial charge on any atom is -0.487 e.